The summed E-state index contributed by atoms with van der Waals surface area (Å²) in [5, 5.41) is 9.90. The minimum atomic E-state index is -0.145. The summed E-state index contributed by atoms with van der Waals surface area (Å²) in [4.78, 5) is 12.1. The van der Waals surface area contributed by atoms with Crippen LogP contribution in [0.5, 0.6) is 0 Å². The van der Waals surface area contributed by atoms with Gasteiger partial charge in [-0.25, -0.2) is 0 Å². The molecule has 1 aliphatic carbocycles. The third-order valence-corrected chi connectivity index (χ3v) is 4.21. The lowest BCUT2D eigenvalue weighted by Gasteiger charge is -2.28. The first kappa shape index (κ1) is 13.9. The van der Waals surface area contributed by atoms with Crippen molar-refractivity contribution in [3.05, 3.63) is 11.4 Å². The van der Waals surface area contributed by atoms with Crippen LogP contribution in [-0.4, -0.2) is 22.1 Å². The minimum absolute atomic E-state index is 0.145. The summed E-state index contributed by atoms with van der Waals surface area (Å²) in [7, 11) is 0. The number of rotatable bonds is 4. The predicted octanol–water partition coefficient (Wildman–Crippen LogP) is 2.25. The molecule has 1 fully saturated rings. The van der Waals surface area contributed by atoms with Crippen molar-refractivity contribution in [3.8, 4) is 0 Å². The average Bonchev–Trinajstić information content (AvgIpc) is 2.80. The first-order chi connectivity index (χ1) is 9.15. The van der Waals surface area contributed by atoms with E-state index >= 15 is 0 Å². The van der Waals surface area contributed by atoms with E-state index in [1.165, 1.54) is 19.3 Å². The maximum absolute atomic E-state index is 12.1. The number of aromatic amines is 1. The molecule has 5 heteroatoms. The van der Waals surface area contributed by atoms with Gasteiger partial charge in [0.05, 0.1) is 11.4 Å². The normalized spacial score (nSPS) is 23.3. The van der Waals surface area contributed by atoms with Gasteiger partial charge in [0.15, 0.2) is 5.69 Å². The highest BCUT2D eigenvalue weighted by Gasteiger charge is 2.24. The van der Waals surface area contributed by atoms with Gasteiger partial charge in [0.2, 0.25) is 0 Å². The van der Waals surface area contributed by atoms with Gasteiger partial charge in [0, 0.05) is 6.04 Å². The van der Waals surface area contributed by atoms with E-state index in [0.29, 0.717) is 11.4 Å². The molecule has 106 valence electrons. The van der Waals surface area contributed by atoms with Crippen molar-refractivity contribution in [3.63, 3.8) is 0 Å². The van der Waals surface area contributed by atoms with Crippen molar-refractivity contribution in [2.75, 3.05) is 5.73 Å². The number of nitrogens with zero attached hydrogens (tertiary/aromatic N) is 1. The summed E-state index contributed by atoms with van der Waals surface area (Å²) in [6.45, 7) is 4.22. The Morgan fingerprint density at radius 2 is 2.05 bits per heavy atom. The molecule has 4 N–H and O–H groups in total. The van der Waals surface area contributed by atoms with Crippen molar-refractivity contribution < 1.29 is 4.79 Å². The van der Waals surface area contributed by atoms with E-state index in [9.17, 15) is 4.79 Å². The molecule has 0 aliphatic heterocycles. The maximum atomic E-state index is 12.1. The summed E-state index contributed by atoms with van der Waals surface area (Å²) in [5.41, 5.74) is 7.57. The first-order valence-corrected chi connectivity index (χ1v) is 7.29. The molecule has 0 aromatic carbocycles. The molecule has 1 aliphatic rings. The van der Waals surface area contributed by atoms with E-state index in [1.807, 2.05) is 6.92 Å². The van der Waals surface area contributed by atoms with E-state index < -0.39 is 0 Å². The zero-order valence-electron chi connectivity index (χ0n) is 11.8. The smallest absolute Gasteiger partial charge is 0.274 e. The van der Waals surface area contributed by atoms with Crippen LogP contribution in [0.4, 0.5) is 5.69 Å². The number of nitrogens with two attached hydrogens (primary N) is 1. The molecule has 1 aromatic rings. The molecule has 1 amide bonds. The van der Waals surface area contributed by atoms with Crippen molar-refractivity contribution in [1.82, 2.24) is 15.5 Å². The van der Waals surface area contributed by atoms with E-state index in [-0.39, 0.29) is 11.9 Å². The van der Waals surface area contributed by atoms with E-state index in [1.54, 1.807) is 0 Å². The van der Waals surface area contributed by atoms with Gasteiger partial charge in [-0.1, -0.05) is 20.3 Å². The molecule has 1 heterocycles. The standard InChI is InChI=1S/C14H24N4O/c1-3-9-5-7-10(8-6-9)16-14(19)13-12(15)11(4-2)17-18-13/h9-10H,3-8,15H2,1-2H3,(H,16,19)(H,17,18). The van der Waals surface area contributed by atoms with Crippen LogP contribution < -0.4 is 11.1 Å². The lowest BCUT2D eigenvalue weighted by atomic mass is 9.84. The third kappa shape index (κ3) is 3.08. The maximum Gasteiger partial charge on any atom is 0.274 e. The van der Waals surface area contributed by atoms with Crippen LogP contribution in [0.25, 0.3) is 0 Å². The molecule has 2 rings (SSSR count). The van der Waals surface area contributed by atoms with Gasteiger partial charge in [-0.05, 0) is 38.0 Å². The van der Waals surface area contributed by atoms with Gasteiger partial charge in [0.1, 0.15) is 0 Å². The highest BCUT2D eigenvalue weighted by atomic mass is 16.2. The van der Waals surface area contributed by atoms with Gasteiger partial charge in [-0.15, -0.1) is 0 Å². The Bertz CT molecular complexity index is 433. The molecule has 19 heavy (non-hydrogen) atoms. The highest BCUT2D eigenvalue weighted by molar-refractivity contribution is 5.97. The summed E-state index contributed by atoms with van der Waals surface area (Å²) >= 11 is 0. The second kappa shape index (κ2) is 6.08. The second-order valence-electron chi connectivity index (χ2n) is 5.42. The minimum Gasteiger partial charge on any atom is -0.395 e. The number of hydrogen-bond donors (Lipinski definition) is 3. The molecule has 0 spiro atoms. The fourth-order valence-corrected chi connectivity index (χ4v) is 2.80. The van der Waals surface area contributed by atoms with Gasteiger partial charge in [-0.2, -0.15) is 5.10 Å². The SMILES string of the molecule is CCc1[nH]nc(C(=O)NC2CCC(CC)CC2)c1N. The topological polar surface area (TPSA) is 83.8 Å². The molecule has 5 nitrogen and oxygen atoms in total. The molecular formula is C14H24N4O. The van der Waals surface area contributed by atoms with Crippen LogP contribution in [0.3, 0.4) is 0 Å². The number of aromatic nitrogens is 2. The first-order valence-electron chi connectivity index (χ1n) is 7.29. The van der Waals surface area contributed by atoms with Gasteiger partial charge >= 0.3 is 0 Å². The molecule has 0 radical (unpaired) electrons. The Balaban J connectivity index is 1.92. The zero-order chi connectivity index (χ0) is 13.8. The van der Waals surface area contributed by atoms with Crippen molar-refractivity contribution in [2.24, 2.45) is 5.92 Å². The zero-order valence-corrected chi connectivity index (χ0v) is 11.8. The van der Waals surface area contributed by atoms with Gasteiger partial charge in [-0.3, -0.25) is 9.89 Å². The number of carbonyl (C=O) groups excluding carboxylic acids is 1. The molecule has 1 saturated carbocycles. The van der Waals surface area contributed by atoms with Crippen molar-refractivity contribution in [2.45, 2.75) is 58.4 Å². The fraction of sp³-hybridized carbons (Fsp3) is 0.714. The molecule has 0 bridgehead atoms. The van der Waals surface area contributed by atoms with Gasteiger partial charge in [0.25, 0.3) is 5.91 Å². The third-order valence-electron chi connectivity index (χ3n) is 4.21. The monoisotopic (exact) mass is 264 g/mol. The Morgan fingerprint density at radius 3 is 2.58 bits per heavy atom. The Kier molecular flexibility index (Phi) is 4.45. The molecular weight excluding hydrogens is 240 g/mol. The Labute approximate surface area is 114 Å². The highest BCUT2D eigenvalue weighted by Crippen LogP contribution is 2.26. The van der Waals surface area contributed by atoms with Crippen LogP contribution in [-0.2, 0) is 6.42 Å². The number of nitrogen functional groups attached to an aromatic ring is 1. The van der Waals surface area contributed by atoms with Crippen LogP contribution in [0.2, 0.25) is 0 Å². The Morgan fingerprint density at radius 1 is 1.37 bits per heavy atom. The van der Waals surface area contributed by atoms with Crippen LogP contribution in [0, 0.1) is 5.92 Å². The quantitative estimate of drug-likeness (QED) is 0.780. The number of nitrogens with one attached hydrogen (secondary N) is 2. The van der Waals surface area contributed by atoms with Gasteiger partial charge < -0.3 is 11.1 Å². The summed E-state index contributed by atoms with van der Waals surface area (Å²) in [5.74, 6) is 0.684. The number of carbonyl (C=O) groups is 1. The Hall–Kier alpha value is -1.52. The summed E-state index contributed by atoms with van der Waals surface area (Å²) < 4.78 is 0. The molecule has 1 aromatic heterocycles. The number of H-pyrrole nitrogens is 1. The van der Waals surface area contributed by atoms with Crippen LogP contribution in [0.15, 0.2) is 0 Å². The second-order valence-corrected chi connectivity index (χ2v) is 5.42. The summed E-state index contributed by atoms with van der Waals surface area (Å²) in [6, 6.07) is 0.275. The lowest BCUT2D eigenvalue weighted by molar-refractivity contribution is 0.0917. The van der Waals surface area contributed by atoms with Crippen molar-refractivity contribution in [1.29, 1.82) is 0 Å². The largest absolute Gasteiger partial charge is 0.395 e. The number of amides is 1. The predicted molar refractivity (Wildman–Crippen MR) is 75.9 cm³/mol. The van der Waals surface area contributed by atoms with E-state index in [2.05, 4.69) is 22.4 Å². The number of aryl methyl sites for hydroxylation is 1. The fourth-order valence-electron chi connectivity index (χ4n) is 2.80. The van der Waals surface area contributed by atoms with Crippen LogP contribution >= 0.6 is 0 Å². The number of anilines is 1. The number of hydrogen-bond acceptors (Lipinski definition) is 3. The van der Waals surface area contributed by atoms with Crippen molar-refractivity contribution >= 4 is 11.6 Å². The van der Waals surface area contributed by atoms with Crippen LogP contribution in [0.1, 0.15) is 62.1 Å². The average molecular weight is 264 g/mol. The van der Waals surface area contributed by atoms with E-state index in [0.717, 1.165) is 30.9 Å². The van der Waals surface area contributed by atoms with E-state index in [4.69, 9.17) is 5.73 Å². The molecule has 0 saturated heterocycles. The summed E-state index contributed by atoms with van der Waals surface area (Å²) in [6.07, 6.45) is 6.54. The molecule has 0 atom stereocenters. The lowest BCUT2D eigenvalue weighted by Crippen LogP contribution is -2.38. The molecule has 0 unspecified atom stereocenters.